The van der Waals surface area contributed by atoms with Gasteiger partial charge in [-0.1, -0.05) is 50.6 Å². The second-order valence-corrected chi connectivity index (χ2v) is 8.53. The number of carbonyl (C=O) groups is 1. The van der Waals surface area contributed by atoms with Crippen LogP contribution in [0, 0.1) is 0 Å². The molecule has 0 saturated heterocycles. The van der Waals surface area contributed by atoms with Gasteiger partial charge in [-0.3, -0.25) is 9.59 Å². The van der Waals surface area contributed by atoms with Gasteiger partial charge >= 0.3 is 0 Å². The third-order valence-electron chi connectivity index (χ3n) is 5.20. The summed E-state index contributed by atoms with van der Waals surface area (Å²) in [5, 5.41) is 1.06. The van der Waals surface area contributed by atoms with E-state index in [2.05, 4.69) is 18.4 Å². The number of ether oxygens (including phenoxy) is 1. The molecule has 2 aromatic rings. The molecule has 0 aliphatic heterocycles. The summed E-state index contributed by atoms with van der Waals surface area (Å²) in [4.78, 5) is 26.1. The van der Waals surface area contributed by atoms with Gasteiger partial charge in [0, 0.05) is 32.0 Å². The lowest BCUT2D eigenvalue weighted by Gasteiger charge is -2.23. The van der Waals surface area contributed by atoms with Crippen molar-refractivity contribution >= 4 is 33.5 Å². The highest BCUT2D eigenvalue weighted by molar-refractivity contribution is 8.14. The van der Waals surface area contributed by atoms with Gasteiger partial charge in [0.1, 0.15) is 5.75 Å². The summed E-state index contributed by atoms with van der Waals surface area (Å²) in [6.45, 7) is 7.15. The Hall–Kier alpha value is -2.21. The van der Waals surface area contributed by atoms with Crippen molar-refractivity contribution in [2.45, 2.75) is 52.0 Å². The number of anilines is 1. The summed E-state index contributed by atoms with van der Waals surface area (Å²) >= 11 is 1.34. The molecule has 0 fully saturated rings. The fourth-order valence-corrected chi connectivity index (χ4v) is 4.31. The average Bonchev–Trinajstić information content (AvgIpc) is 2.76. The number of carbonyl (C=O) groups excluding carboxylic acids is 1. The highest BCUT2D eigenvalue weighted by Gasteiger charge is 2.15. The van der Waals surface area contributed by atoms with Crippen LogP contribution < -0.4 is 15.2 Å². The van der Waals surface area contributed by atoms with E-state index in [1.807, 2.05) is 29.8 Å². The molecule has 0 atom stereocenters. The van der Waals surface area contributed by atoms with Crippen molar-refractivity contribution in [1.82, 2.24) is 4.57 Å². The normalized spacial score (nSPS) is 10.9. The molecule has 0 spiro atoms. The Morgan fingerprint density at radius 3 is 2.67 bits per heavy atom. The van der Waals surface area contributed by atoms with Crippen molar-refractivity contribution in [3.05, 3.63) is 47.3 Å². The van der Waals surface area contributed by atoms with E-state index in [9.17, 15) is 9.59 Å². The van der Waals surface area contributed by atoms with Crippen LogP contribution in [-0.4, -0.2) is 36.1 Å². The van der Waals surface area contributed by atoms with Gasteiger partial charge < -0.3 is 14.2 Å². The molecular formula is C24H34N2O3S. The molecule has 1 aromatic carbocycles. The van der Waals surface area contributed by atoms with Crippen molar-refractivity contribution in [2.75, 3.05) is 31.4 Å². The zero-order valence-electron chi connectivity index (χ0n) is 18.5. The van der Waals surface area contributed by atoms with Crippen LogP contribution in [0.3, 0.4) is 0 Å². The van der Waals surface area contributed by atoms with Gasteiger partial charge in [-0.05, 0) is 37.5 Å². The number of benzene rings is 1. The summed E-state index contributed by atoms with van der Waals surface area (Å²) in [5.74, 6) is 1.66. The predicted molar refractivity (Wildman–Crippen MR) is 129 cm³/mol. The van der Waals surface area contributed by atoms with Gasteiger partial charge in [0.05, 0.1) is 23.7 Å². The van der Waals surface area contributed by atoms with Crippen molar-refractivity contribution in [2.24, 2.45) is 0 Å². The van der Waals surface area contributed by atoms with E-state index in [4.69, 9.17) is 4.74 Å². The van der Waals surface area contributed by atoms with Crippen LogP contribution in [0.2, 0.25) is 0 Å². The Kier molecular flexibility index (Phi) is 10.0. The van der Waals surface area contributed by atoms with Crippen molar-refractivity contribution < 1.29 is 9.53 Å². The number of unbranched alkanes of at least 4 members (excludes halogenated alkanes) is 4. The Labute approximate surface area is 184 Å². The van der Waals surface area contributed by atoms with Gasteiger partial charge in [-0.2, -0.15) is 0 Å². The molecule has 0 unspecified atom stereocenters. The Balaban J connectivity index is 2.00. The predicted octanol–water partition coefficient (Wildman–Crippen LogP) is 5.25. The van der Waals surface area contributed by atoms with E-state index in [-0.39, 0.29) is 10.7 Å². The molecule has 5 nitrogen and oxygen atoms in total. The van der Waals surface area contributed by atoms with Crippen LogP contribution in [0.5, 0.6) is 5.75 Å². The standard InChI is InChI=1S/C24H34N2O3S/c1-5-15-26-19-13-12-14-21(29-4)24(19)20(18-22(26)27)25(3)16-10-8-7-9-11-17-30-23(28)6-2/h6,12-14,18H,2,5,7-11,15-17H2,1,3-4H3. The molecule has 1 aromatic heterocycles. The number of hydrogen-bond acceptors (Lipinski definition) is 5. The van der Waals surface area contributed by atoms with Crippen molar-refractivity contribution in [3.63, 3.8) is 0 Å². The first kappa shape index (κ1) is 24.1. The van der Waals surface area contributed by atoms with Crippen LogP contribution in [-0.2, 0) is 11.3 Å². The number of rotatable bonds is 13. The zero-order valence-corrected chi connectivity index (χ0v) is 19.3. The molecule has 164 valence electrons. The molecule has 0 saturated carbocycles. The second-order valence-electron chi connectivity index (χ2n) is 7.43. The molecule has 0 aliphatic carbocycles. The summed E-state index contributed by atoms with van der Waals surface area (Å²) in [6, 6.07) is 7.64. The minimum atomic E-state index is 0.0334. The Morgan fingerprint density at radius 2 is 1.97 bits per heavy atom. The summed E-state index contributed by atoms with van der Waals surface area (Å²) < 4.78 is 7.46. The molecule has 0 amide bonds. The number of aromatic nitrogens is 1. The van der Waals surface area contributed by atoms with Crippen LogP contribution in [0.25, 0.3) is 10.9 Å². The first-order valence-corrected chi connectivity index (χ1v) is 11.7. The number of hydrogen-bond donors (Lipinski definition) is 0. The number of fused-ring (bicyclic) bond motifs is 1. The number of aryl methyl sites for hydroxylation is 1. The molecule has 6 heteroatoms. The third-order valence-corrected chi connectivity index (χ3v) is 6.15. The largest absolute Gasteiger partial charge is 0.496 e. The van der Waals surface area contributed by atoms with Gasteiger partial charge in [-0.15, -0.1) is 0 Å². The maximum atomic E-state index is 12.8. The first-order valence-electron chi connectivity index (χ1n) is 10.7. The zero-order chi connectivity index (χ0) is 21.9. The van der Waals surface area contributed by atoms with E-state index < -0.39 is 0 Å². The van der Waals surface area contributed by atoms with E-state index in [0.29, 0.717) is 6.54 Å². The molecule has 30 heavy (non-hydrogen) atoms. The van der Waals surface area contributed by atoms with Gasteiger partial charge in [-0.25, -0.2) is 0 Å². The summed E-state index contributed by atoms with van der Waals surface area (Å²) in [7, 11) is 3.72. The SMILES string of the molecule is C=CC(=O)SCCCCCCCN(C)c1cc(=O)n(CCC)c2cccc(OC)c12. The molecule has 0 bridgehead atoms. The fourth-order valence-electron chi connectivity index (χ4n) is 3.65. The number of thioether (sulfide) groups is 1. The number of pyridine rings is 1. The maximum Gasteiger partial charge on any atom is 0.253 e. The highest BCUT2D eigenvalue weighted by Crippen LogP contribution is 2.33. The highest BCUT2D eigenvalue weighted by atomic mass is 32.2. The quantitative estimate of drug-likeness (QED) is 0.321. The maximum absolute atomic E-state index is 12.8. The molecular weight excluding hydrogens is 396 g/mol. The molecule has 0 radical (unpaired) electrons. The first-order chi connectivity index (χ1) is 14.5. The molecule has 0 N–H and O–H groups in total. The smallest absolute Gasteiger partial charge is 0.253 e. The lowest BCUT2D eigenvalue weighted by molar-refractivity contribution is -0.107. The van der Waals surface area contributed by atoms with Gasteiger partial charge in [0.25, 0.3) is 5.56 Å². The average molecular weight is 431 g/mol. The number of nitrogens with zero attached hydrogens (tertiary/aromatic N) is 2. The second kappa shape index (κ2) is 12.5. The van der Waals surface area contributed by atoms with Crippen LogP contribution in [0.4, 0.5) is 5.69 Å². The Bertz CT molecular complexity index is 907. The van der Waals surface area contributed by atoms with E-state index in [0.717, 1.165) is 73.2 Å². The fraction of sp³-hybridized carbons (Fsp3) is 0.500. The van der Waals surface area contributed by atoms with Crippen molar-refractivity contribution in [3.8, 4) is 5.75 Å². The monoisotopic (exact) mass is 430 g/mol. The van der Waals surface area contributed by atoms with E-state index >= 15 is 0 Å². The minimum Gasteiger partial charge on any atom is -0.496 e. The minimum absolute atomic E-state index is 0.0334. The number of methoxy groups -OCH3 is 1. The molecule has 1 heterocycles. The van der Waals surface area contributed by atoms with Gasteiger partial charge in [0.15, 0.2) is 0 Å². The summed E-state index contributed by atoms with van der Waals surface area (Å²) in [6.07, 6.45) is 7.80. The van der Waals surface area contributed by atoms with Crippen LogP contribution in [0.15, 0.2) is 41.7 Å². The van der Waals surface area contributed by atoms with E-state index in [1.165, 1.54) is 17.8 Å². The van der Waals surface area contributed by atoms with Crippen LogP contribution >= 0.6 is 11.8 Å². The van der Waals surface area contributed by atoms with Crippen molar-refractivity contribution in [1.29, 1.82) is 0 Å². The molecule has 0 aliphatic rings. The Morgan fingerprint density at radius 1 is 1.23 bits per heavy atom. The van der Waals surface area contributed by atoms with Gasteiger partial charge in [0.2, 0.25) is 5.12 Å². The lowest BCUT2D eigenvalue weighted by Crippen LogP contribution is -2.25. The lowest BCUT2D eigenvalue weighted by atomic mass is 10.1. The van der Waals surface area contributed by atoms with Crippen LogP contribution in [0.1, 0.15) is 45.4 Å². The third kappa shape index (κ3) is 6.39. The molecule has 2 rings (SSSR count). The van der Waals surface area contributed by atoms with E-state index in [1.54, 1.807) is 13.2 Å². The summed E-state index contributed by atoms with van der Waals surface area (Å²) in [5.41, 5.74) is 1.89. The topological polar surface area (TPSA) is 51.5 Å².